The minimum atomic E-state index is -0.260. The molecule has 0 aliphatic heterocycles. The number of ether oxygens (including phenoxy) is 2. The number of hydrogen-bond acceptors (Lipinski definition) is 4. The van der Waals surface area contributed by atoms with Crippen LogP contribution in [-0.4, -0.2) is 24.4 Å². The van der Waals surface area contributed by atoms with Crippen LogP contribution in [-0.2, 0) is 6.42 Å². The minimum Gasteiger partial charge on any atom is -0.497 e. The van der Waals surface area contributed by atoms with Gasteiger partial charge in [0.1, 0.15) is 11.5 Å². The summed E-state index contributed by atoms with van der Waals surface area (Å²) in [5.74, 6) is 1.16. The molecule has 0 saturated carbocycles. The lowest BCUT2D eigenvalue weighted by molar-refractivity contribution is 0.397. The van der Waals surface area contributed by atoms with Gasteiger partial charge in [-0.15, -0.1) is 0 Å². The number of fused-ring (bicyclic) bond motifs is 1. The summed E-state index contributed by atoms with van der Waals surface area (Å²) in [5, 5.41) is 7.99. The van der Waals surface area contributed by atoms with Crippen molar-refractivity contribution in [2.45, 2.75) is 6.42 Å². The molecule has 0 aliphatic carbocycles. The van der Waals surface area contributed by atoms with E-state index in [1.807, 2.05) is 30.3 Å². The second kappa shape index (κ2) is 5.89. The molecule has 3 rings (SSSR count). The van der Waals surface area contributed by atoms with Crippen LogP contribution in [0.5, 0.6) is 11.5 Å². The van der Waals surface area contributed by atoms with Crippen LogP contribution in [0, 0.1) is 0 Å². The molecule has 3 aromatic rings. The number of hydrogen-bond donors (Lipinski definition) is 1. The minimum absolute atomic E-state index is 0.260. The highest BCUT2D eigenvalue weighted by atomic mass is 16.5. The van der Waals surface area contributed by atoms with Gasteiger partial charge in [-0.1, -0.05) is 30.3 Å². The Hall–Kier alpha value is -2.82. The quantitative estimate of drug-likeness (QED) is 0.803. The Morgan fingerprint density at radius 3 is 2.55 bits per heavy atom. The monoisotopic (exact) mass is 296 g/mol. The van der Waals surface area contributed by atoms with Gasteiger partial charge in [-0.3, -0.25) is 4.79 Å². The summed E-state index contributed by atoms with van der Waals surface area (Å²) in [6, 6.07) is 13.4. The van der Waals surface area contributed by atoms with Crippen LogP contribution < -0.4 is 15.0 Å². The highest BCUT2D eigenvalue weighted by Gasteiger charge is 2.14. The number of nitrogens with zero attached hydrogens (tertiary/aromatic N) is 1. The second-order valence-corrected chi connectivity index (χ2v) is 4.91. The van der Waals surface area contributed by atoms with E-state index in [0.29, 0.717) is 23.3 Å². The van der Waals surface area contributed by atoms with E-state index in [9.17, 15) is 4.79 Å². The van der Waals surface area contributed by atoms with E-state index < -0.39 is 0 Å². The summed E-state index contributed by atoms with van der Waals surface area (Å²) in [5.41, 5.74) is 1.62. The third-order valence-electron chi connectivity index (χ3n) is 3.57. The van der Waals surface area contributed by atoms with Crippen LogP contribution in [0.2, 0.25) is 0 Å². The van der Waals surface area contributed by atoms with Gasteiger partial charge in [-0.25, -0.2) is 5.10 Å². The Bertz CT molecular complexity index is 857. The fourth-order valence-electron chi connectivity index (χ4n) is 2.50. The molecule has 0 saturated heterocycles. The Morgan fingerprint density at radius 1 is 1.09 bits per heavy atom. The van der Waals surface area contributed by atoms with Crippen LogP contribution in [0.1, 0.15) is 11.3 Å². The summed E-state index contributed by atoms with van der Waals surface area (Å²) in [6.07, 6.45) is 0.608. The van der Waals surface area contributed by atoms with Crippen molar-refractivity contribution in [3.8, 4) is 11.5 Å². The number of aromatic amines is 1. The molecular weight excluding hydrogens is 280 g/mol. The number of methoxy groups -OCH3 is 2. The second-order valence-electron chi connectivity index (χ2n) is 4.91. The molecule has 112 valence electrons. The molecule has 0 bridgehead atoms. The first-order chi connectivity index (χ1) is 10.7. The molecule has 5 heteroatoms. The SMILES string of the molecule is COc1cc(OC)c2c(Cc3ccccc3)n[nH]c(=O)c2c1. The highest BCUT2D eigenvalue weighted by molar-refractivity contribution is 5.91. The highest BCUT2D eigenvalue weighted by Crippen LogP contribution is 2.31. The fraction of sp³-hybridized carbons (Fsp3) is 0.176. The van der Waals surface area contributed by atoms with Crippen molar-refractivity contribution in [1.82, 2.24) is 10.2 Å². The molecule has 0 aliphatic rings. The molecular formula is C17H16N2O3. The smallest absolute Gasteiger partial charge is 0.272 e. The average Bonchev–Trinajstić information content (AvgIpc) is 2.57. The molecule has 0 spiro atoms. The van der Waals surface area contributed by atoms with E-state index in [-0.39, 0.29) is 5.56 Å². The van der Waals surface area contributed by atoms with Gasteiger partial charge in [0, 0.05) is 12.5 Å². The Labute approximate surface area is 127 Å². The predicted molar refractivity (Wildman–Crippen MR) is 84.7 cm³/mol. The summed E-state index contributed by atoms with van der Waals surface area (Å²) in [4.78, 5) is 12.1. The lowest BCUT2D eigenvalue weighted by Crippen LogP contribution is -2.12. The average molecular weight is 296 g/mol. The molecule has 5 nitrogen and oxygen atoms in total. The number of nitrogens with one attached hydrogen (secondary N) is 1. The third-order valence-corrected chi connectivity index (χ3v) is 3.57. The van der Waals surface area contributed by atoms with Gasteiger partial charge < -0.3 is 9.47 Å². The number of benzene rings is 2. The van der Waals surface area contributed by atoms with E-state index in [1.165, 1.54) is 0 Å². The Morgan fingerprint density at radius 2 is 1.86 bits per heavy atom. The number of aromatic nitrogens is 2. The van der Waals surface area contributed by atoms with Gasteiger partial charge >= 0.3 is 0 Å². The zero-order valence-electron chi connectivity index (χ0n) is 12.4. The molecule has 0 atom stereocenters. The van der Waals surface area contributed by atoms with Crippen LogP contribution in [0.3, 0.4) is 0 Å². The van der Waals surface area contributed by atoms with Gasteiger partial charge in [0.15, 0.2) is 0 Å². The summed E-state index contributed by atoms with van der Waals surface area (Å²) in [6.45, 7) is 0. The standard InChI is InChI=1S/C17H16N2O3/c1-21-12-9-13-16(15(10-12)22-2)14(18-19-17(13)20)8-11-6-4-3-5-7-11/h3-7,9-10H,8H2,1-2H3,(H,19,20). The first-order valence-corrected chi connectivity index (χ1v) is 6.90. The Kier molecular flexibility index (Phi) is 3.78. The largest absolute Gasteiger partial charge is 0.497 e. The number of H-pyrrole nitrogens is 1. The van der Waals surface area contributed by atoms with E-state index in [1.54, 1.807) is 26.4 Å². The van der Waals surface area contributed by atoms with Crippen molar-refractivity contribution < 1.29 is 9.47 Å². The van der Waals surface area contributed by atoms with Crippen LogP contribution >= 0.6 is 0 Å². The predicted octanol–water partition coefficient (Wildman–Crippen LogP) is 2.53. The molecule has 22 heavy (non-hydrogen) atoms. The maximum atomic E-state index is 12.1. The van der Waals surface area contributed by atoms with Crippen molar-refractivity contribution in [2.75, 3.05) is 14.2 Å². The van der Waals surface area contributed by atoms with Gasteiger partial charge in [0.2, 0.25) is 0 Å². The van der Waals surface area contributed by atoms with Crippen molar-refractivity contribution in [3.05, 3.63) is 64.1 Å². The maximum Gasteiger partial charge on any atom is 0.272 e. The van der Waals surface area contributed by atoms with E-state index in [4.69, 9.17) is 9.47 Å². The first-order valence-electron chi connectivity index (χ1n) is 6.90. The third kappa shape index (κ3) is 2.53. The number of rotatable bonds is 4. The van der Waals surface area contributed by atoms with Crippen LogP contribution in [0.15, 0.2) is 47.3 Å². The van der Waals surface area contributed by atoms with Crippen LogP contribution in [0.25, 0.3) is 10.8 Å². The topological polar surface area (TPSA) is 64.2 Å². The molecule has 1 aromatic heterocycles. The Balaban J connectivity index is 2.23. The molecule has 0 amide bonds. The summed E-state index contributed by atoms with van der Waals surface area (Å²) < 4.78 is 10.7. The first kappa shape index (κ1) is 14.1. The van der Waals surface area contributed by atoms with Gasteiger partial charge in [-0.05, 0) is 11.6 Å². The van der Waals surface area contributed by atoms with Crippen LogP contribution in [0.4, 0.5) is 0 Å². The maximum absolute atomic E-state index is 12.1. The fourth-order valence-corrected chi connectivity index (χ4v) is 2.50. The molecule has 0 radical (unpaired) electrons. The molecule has 1 N–H and O–H groups in total. The molecule has 1 heterocycles. The summed E-state index contributed by atoms with van der Waals surface area (Å²) >= 11 is 0. The van der Waals surface area contributed by atoms with Crippen molar-refractivity contribution in [1.29, 1.82) is 0 Å². The molecule has 2 aromatic carbocycles. The van der Waals surface area contributed by atoms with Gasteiger partial charge in [0.05, 0.1) is 30.7 Å². The van der Waals surface area contributed by atoms with Crippen molar-refractivity contribution in [3.63, 3.8) is 0 Å². The zero-order chi connectivity index (χ0) is 15.5. The molecule has 0 fully saturated rings. The van der Waals surface area contributed by atoms with E-state index in [2.05, 4.69) is 10.2 Å². The van der Waals surface area contributed by atoms with Gasteiger partial charge in [0.25, 0.3) is 5.56 Å². The zero-order valence-corrected chi connectivity index (χ0v) is 12.4. The van der Waals surface area contributed by atoms with Crippen molar-refractivity contribution >= 4 is 10.8 Å². The normalized spacial score (nSPS) is 10.6. The van der Waals surface area contributed by atoms with Crippen molar-refractivity contribution in [2.24, 2.45) is 0 Å². The molecule has 0 unspecified atom stereocenters. The van der Waals surface area contributed by atoms with Gasteiger partial charge in [-0.2, -0.15) is 5.10 Å². The van der Waals surface area contributed by atoms with E-state index in [0.717, 1.165) is 16.6 Å². The summed E-state index contributed by atoms with van der Waals surface area (Å²) in [7, 11) is 3.13. The lowest BCUT2D eigenvalue weighted by atomic mass is 10.0. The lowest BCUT2D eigenvalue weighted by Gasteiger charge is -2.11. The van der Waals surface area contributed by atoms with E-state index >= 15 is 0 Å².